The van der Waals surface area contributed by atoms with Crippen LogP contribution < -0.4 is 0 Å². The van der Waals surface area contributed by atoms with Gasteiger partial charge in [-0.1, -0.05) is 6.58 Å². The number of rotatable bonds is 3. The van der Waals surface area contributed by atoms with Gasteiger partial charge >= 0.3 is 0 Å². The van der Waals surface area contributed by atoms with Crippen LogP contribution in [0.1, 0.15) is 13.8 Å². The van der Waals surface area contributed by atoms with E-state index in [4.69, 9.17) is 4.43 Å². The maximum absolute atomic E-state index is 5.77. The lowest BCUT2D eigenvalue weighted by atomic mass is 10.3. The van der Waals surface area contributed by atoms with Gasteiger partial charge in [-0.3, -0.25) is 0 Å². The fraction of sp³-hybridized carbons (Fsp3) is 0.556. The van der Waals surface area contributed by atoms with Crippen molar-refractivity contribution in [1.29, 1.82) is 0 Å². The number of hydrogen-bond donors (Lipinski definition) is 0. The molecule has 0 radical (unpaired) electrons. The van der Waals surface area contributed by atoms with Crippen molar-refractivity contribution in [2.75, 3.05) is 0 Å². The number of halogens is 1. The molecule has 0 amide bonds. The summed E-state index contributed by atoms with van der Waals surface area (Å²) >= 11 is 3.44. The summed E-state index contributed by atoms with van der Waals surface area (Å²) in [5.74, 6) is 0.946. The molecule has 70 valence electrons. The van der Waals surface area contributed by atoms with E-state index in [0.29, 0.717) is 0 Å². The van der Waals surface area contributed by atoms with Crippen LogP contribution in [0.15, 0.2) is 22.4 Å². The SMILES string of the molecule is C=C(C)/C(Br)=C(/C)O[Si](C)(C)C. The monoisotopic (exact) mass is 248 g/mol. The van der Waals surface area contributed by atoms with Crippen LogP contribution in [0.25, 0.3) is 0 Å². The van der Waals surface area contributed by atoms with Crippen molar-refractivity contribution in [3.8, 4) is 0 Å². The van der Waals surface area contributed by atoms with Gasteiger partial charge in [-0.05, 0) is 55.0 Å². The van der Waals surface area contributed by atoms with E-state index in [1.54, 1.807) is 0 Å². The second-order valence-corrected chi connectivity index (χ2v) is 9.09. The molecule has 0 bridgehead atoms. The summed E-state index contributed by atoms with van der Waals surface area (Å²) in [7, 11) is -1.46. The minimum atomic E-state index is -1.46. The van der Waals surface area contributed by atoms with E-state index in [2.05, 4.69) is 42.1 Å². The van der Waals surface area contributed by atoms with Crippen LogP contribution in [0.2, 0.25) is 19.6 Å². The summed E-state index contributed by atoms with van der Waals surface area (Å²) in [5.41, 5.74) is 1.01. The maximum atomic E-state index is 5.77. The molecule has 0 N–H and O–H groups in total. The van der Waals surface area contributed by atoms with Crippen LogP contribution in [0.5, 0.6) is 0 Å². The van der Waals surface area contributed by atoms with E-state index in [1.807, 2.05) is 13.8 Å². The van der Waals surface area contributed by atoms with E-state index in [9.17, 15) is 0 Å². The van der Waals surface area contributed by atoms with E-state index < -0.39 is 8.32 Å². The normalized spacial score (nSPS) is 13.8. The smallest absolute Gasteiger partial charge is 0.241 e. The average Bonchev–Trinajstić information content (AvgIpc) is 1.82. The summed E-state index contributed by atoms with van der Waals surface area (Å²) in [5, 5.41) is 0. The Kier molecular flexibility index (Phi) is 4.27. The second-order valence-electron chi connectivity index (χ2n) is 3.86. The molecule has 3 heteroatoms. The van der Waals surface area contributed by atoms with E-state index in [-0.39, 0.29) is 0 Å². The summed E-state index contributed by atoms with van der Waals surface area (Å²) in [6, 6.07) is 0. The summed E-state index contributed by atoms with van der Waals surface area (Å²) < 4.78 is 6.76. The van der Waals surface area contributed by atoms with E-state index in [1.165, 1.54) is 0 Å². The van der Waals surface area contributed by atoms with Crippen LogP contribution in [-0.2, 0) is 4.43 Å². The Bertz CT molecular complexity index is 213. The minimum Gasteiger partial charge on any atom is -0.547 e. The zero-order chi connectivity index (χ0) is 9.94. The summed E-state index contributed by atoms with van der Waals surface area (Å²) in [4.78, 5) is 0. The Morgan fingerprint density at radius 3 is 1.92 bits per heavy atom. The van der Waals surface area contributed by atoms with Gasteiger partial charge in [-0.15, -0.1) is 0 Å². The molecule has 0 unspecified atom stereocenters. The second kappa shape index (κ2) is 4.28. The van der Waals surface area contributed by atoms with Gasteiger partial charge < -0.3 is 4.43 Å². The summed E-state index contributed by atoms with van der Waals surface area (Å²) in [6.45, 7) is 14.3. The highest BCUT2D eigenvalue weighted by molar-refractivity contribution is 9.12. The Hall–Kier alpha value is -0.0231. The lowest BCUT2D eigenvalue weighted by Crippen LogP contribution is -2.24. The highest BCUT2D eigenvalue weighted by atomic mass is 79.9. The molecule has 0 aromatic rings. The standard InChI is InChI=1S/C9H17BrOSi/c1-7(2)9(10)8(3)11-12(4,5)6/h1H2,2-6H3/b9-8+. The highest BCUT2D eigenvalue weighted by Gasteiger charge is 2.17. The fourth-order valence-electron chi connectivity index (χ4n) is 0.805. The molecule has 1 nitrogen and oxygen atoms in total. The number of allylic oxidation sites excluding steroid dienone is 3. The van der Waals surface area contributed by atoms with Crippen molar-refractivity contribution >= 4 is 24.2 Å². The van der Waals surface area contributed by atoms with Crippen LogP contribution >= 0.6 is 15.9 Å². The Morgan fingerprint density at radius 1 is 1.25 bits per heavy atom. The van der Waals surface area contributed by atoms with E-state index >= 15 is 0 Å². The highest BCUT2D eigenvalue weighted by Crippen LogP contribution is 2.22. The molecule has 0 saturated carbocycles. The Morgan fingerprint density at radius 2 is 1.67 bits per heavy atom. The third kappa shape index (κ3) is 4.77. The molecule has 0 aliphatic rings. The van der Waals surface area contributed by atoms with Crippen molar-refractivity contribution in [3.63, 3.8) is 0 Å². The lowest BCUT2D eigenvalue weighted by molar-refractivity contribution is 0.423. The summed E-state index contributed by atoms with van der Waals surface area (Å²) in [6.07, 6.45) is 0. The van der Waals surface area contributed by atoms with Gasteiger partial charge in [-0.2, -0.15) is 0 Å². The zero-order valence-electron chi connectivity index (χ0n) is 8.49. The molecule has 0 rings (SSSR count). The quantitative estimate of drug-likeness (QED) is 0.416. The topological polar surface area (TPSA) is 9.23 Å². The first-order valence-electron chi connectivity index (χ1n) is 3.95. The first-order chi connectivity index (χ1) is 5.24. The van der Waals surface area contributed by atoms with Gasteiger partial charge in [0.15, 0.2) is 0 Å². The van der Waals surface area contributed by atoms with Crippen LogP contribution in [0, 0.1) is 0 Å². The predicted molar refractivity (Wildman–Crippen MR) is 60.9 cm³/mol. The first-order valence-corrected chi connectivity index (χ1v) is 8.15. The first kappa shape index (κ1) is 12.0. The molecule has 0 aromatic heterocycles. The molecule has 0 heterocycles. The average molecular weight is 249 g/mol. The molecule has 12 heavy (non-hydrogen) atoms. The van der Waals surface area contributed by atoms with Gasteiger partial charge in [0.1, 0.15) is 0 Å². The molecule has 0 aromatic carbocycles. The van der Waals surface area contributed by atoms with Gasteiger partial charge in [0.05, 0.1) is 10.2 Å². The van der Waals surface area contributed by atoms with Crippen molar-refractivity contribution in [2.45, 2.75) is 33.5 Å². The molecule has 0 aliphatic carbocycles. The third-order valence-electron chi connectivity index (χ3n) is 1.14. The van der Waals surface area contributed by atoms with Gasteiger partial charge in [0.25, 0.3) is 0 Å². The molecule has 0 aliphatic heterocycles. The van der Waals surface area contributed by atoms with Crippen LogP contribution in [0.3, 0.4) is 0 Å². The van der Waals surface area contributed by atoms with E-state index in [0.717, 1.165) is 15.8 Å². The third-order valence-corrected chi connectivity index (χ3v) is 3.30. The number of hydrogen-bond acceptors (Lipinski definition) is 1. The van der Waals surface area contributed by atoms with Gasteiger partial charge in [0, 0.05) is 0 Å². The zero-order valence-corrected chi connectivity index (χ0v) is 11.1. The molecular weight excluding hydrogens is 232 g/mol. The molecule has 0 saturated heterocycles. The molecule has 0 atom stereocenters. The molecule has 0 spiro atoms. The van der Waals surface area contributed by atoms with Crippen LogP contribution in [-0.4, -0.2) is 8.32 Å². The van der Waals surface area contributed by atoms with Crippen molar-refractivity contribution in [3.05, 3.63) is 22.4 Å². The Balaban J connectivity index is 4.49. The maximum Gasteiger partial charge on any atom is 0.241 e. The lowest BCUT2D eigenvalue weighted by Gasteiger charge is -2.20. The fourth-order valence-corrected chi connectivity index (χ4v) is 2.06. The minimum absolute atomic E-state index is 0.946. The van der Waals surface area contributed by atoms with Crippen molar-refractivity contribution in [2.24, 2.45) is 0 Å². The van der Waals surface area contributed by atoms with Crippen LogP contribution in [0.4, 0.5) is 0 Å². The van der Waals surface area contributed by atoms with Gasteiger partial charge in [-0.25, -0.2) is 0 Å². The van der Waals surface area contributed by atoms with Crippen molar-refractivity contribution < 1.29 is 4.43 Å². The molecule has 0 fully saturated rings. The van der Waals surface area contributed by atoms with Crippen molar-refractivity contribution in [1.82, 2.24) is 0 Å². The molecular formula is C9H17BrOSi. The predicted octanol–water partition coefficient (Wildman–Crippen LogP) is 4.04. The Labute approximate surface area is 84.8 Å². The largest absolute Gasteiger partial charge is 0.547 e. The van der Waals surface area contributed by atoms with Gasteiger partial charge in [0.2, 0.25) is 8.32 Å².